The smallest absolute Gasteiger partial charge is 0.214 e. The molecule has 0 bridgehead atoms. The van der Waals surface area contributed by atoms with Gasteiger partial charge in [0.05, 0.1) is 5.69 Å². The Hall–Kier alpha value is -1.90. The summed E-state index contributed by atoms with van der Waals surface area (Å²) in [6.07, 6.45) is 3.47. The van der Waals surface area contributed by atoms with Crippen molar-refractivity contribution in [1.82, 2.24) is 9.97 Å². The maximum absolute atomic E-state index is 5.81. The number of ether oxygens (including phenoxy) is 1. The van der Waals surface area contributed by atoms with Crippen LogP contribution in [0, 0.1) is 0 Å². The second-order valence-corrected chi connectivity index (χ2v) is 4.00. The van der Waals surface area contributed by atoms with E-state index in [0.717, 1.165) is 5.69 Å². The van der Waals surface area contributed by atoms with E-state index in [1.807, 2.05) is 50.2 Å². The fraction of sp³-hybridized carbons (Fsp3) is 0.231. The van der Waals surface area contributed by atoms with Crippen LogP contribution in [0.2, 0.25) is 0 Å². The second kappa shape index (κ2) is 4.31. The molecular formula is C13H14N2O. The van der Waals surface area contributed by atoms with E-state index in [-0.39, 0.29) is 0 Å². The van der Waals surface area contributed by atoms with Crippen LogP contribution < -0.4 is 4.74 Å². The highest BCUT2D eigenvalue weighted by Gasteiger charge is 2.24. The average Bonchev–Trinajstić information content (AvgIpc) is 2.31. The summed E-state index contributed by atoms with van der Waals surface area (Å²) >= 11 is 0. The SMILES string of the molecule is CC(C)(Oc1ccccn1)c1ccccn1. The van der Waals surface area contributed by atoms with Crippen molar-refractivity contribution in [2.45, 2.75) is 19.4 Å². The van der Waals surface area contributed by atoms with Gasteiger partial charge in [-0.05, 0) is 32.0 Å². The lowest BCUT2D eigenvalue weighted by Crippen LogP contribution is -2.26. The van der Waals surface area contributed by atoms with Crippen LogP contribution in [0.1, 0.15) is 19.5 Å². The molecule has 2 aromatic heterocycles. The summed E-state index contributed by atoms with van der Waals surface area (Å²) in [4.78, 5) is 8.43. The molecule has 0 spiro atoms. The van der Waals surface area contributed by atoms with Gasteiger partial charge in [-0.15, -0.1) is 0 Å². The lowest BCUT2D eigenvalue weighted by molar-refractivity contribution is 0.0974. The molecule has 0 aliphatic carbocycles. The normalized spacial score (nSPS) is 11.1. The van der Waals surface area contributed by atoms with Crippen LogP contribution in [0.15, 0.2) is 48.8 Å². The van der Waals surface area contributed by atoms with Gasteiger partial charge in [0.2, 0.25) is 5.88 Å². The molecule has 3 nitrogen and oxygen atoms in total. The quantitative estimate of drug-likeness (QED) is 0.788. The number of rotatable bonds is 3. The summed E-state index contributed by atoms with van der Waals surface area (Å²) < 4.78 is 5.81. The third kappa shape index (κ3) is 2.37. The fourth-order valence-corrected chi connectivity index (χ4v) is 1.44. The number of pyridine rings is 2. The Morgan fingerprint density at radius 3 is 2.19 bits per heavy atom. The van der Waals surface area contributed by atoms with Crippen molar-refractivity contribution in [3.05, 3.63) is 54.5 Å². The van der Waals surface area contributed by atoms with Gasteiger partial charge < -0.3 is 4.74 Å². The molecule has 3 heteroatoms. The van der Waals surface area contributed by atoms with E-state index in [1.54, 1.807) is 12.4 Å². The zero-order valence-corrected chi connectivity index (χ0v) is 9.42. The average molecular weight is 214 g/mol. The molecule has 2 rings (SSSR count). The van der Waals surface area contributed by atoms with Crippen LogP contribution in [0.4, 0.5) is 0 Å². The Morgan fingerprint density at radius 2 is 1.62 bits per heavy atom. The van der Waals surface area contributed by atoms with Gasteiger partial charge in [0.25, 0.3) is 0 Å². The molecule has 0 aromatic carbocycles. The maximum Gasteiger partial charge on any atom is 0.214 e. The van der Waals surface area contributed by atoms with Crippen molar-refractivity contribution in [1.29, 1.82) is 0 Å². The Kier molecular flexibility index (Phi) is 2.86. The van der Waals surface area contributed by atoms with Crippen molar-refractivity contribution in [3.63, 3.8) is 0 Å². The monoisotopic (exact) mass is 214 g/mol. The molecule has 0 atom stereocenters. The lowest BCUT2D eigenvalue weighted by Gasteiger charge is -2.24. The summed E-state index contributed by atoms with van der Waals surface area (Å²) in [7, 11) is 0. The van der Waals surface area contributed by atoms with E-state index in [2.05, 4.69) is 9.97 Å². The first-order valence-electron chi connectivity index (χ1n) is 5.20. The maximum atomic E-state index is 5.81. The molecule has 2 heterocycles. The lowest BCUT2D eigenvalue weighted by atomic mass is 10.0. The van der Waals surface area contributed by atoms with Gasteiger partial charge in [-0.25, -0.2) is 4.98 Å². The highest BCUT2D eigenvalue weighted by molar-refractivity contribution is 5.16. The molecule has 0 amide bonds. The topological polar surface area (TPSA) is 35.0 Å². The molecular weight excluding hydrogens is 200 g/mol. The van der Waals surface area contributed by atoms with E-state index in [4.69, 9.17) is 4.74 Å². The fourth-order valence-electron chi connectivity index (χ4n) is 1.44. The zero-order valence-electron chi connectivity index (χ0n) is 9.42. The van der Waals surface area contributed by atoms with Crippen LogP contribution in [0.25, 0.3) is 0 Å². The van der Waals surface area contributed by atoms with E-state index >= 15 is 0 Å². The Bertz CT molecular complexity index is 440. The van der Waals surface area contributed by atoms with Gasteiger partial charge in [-0.3, -0.25) is 4.98 Å². The van der Waals surface area contributed by atoms with Gasteiger partial charge in [0.15, 0.2) is 0 Å². The zero-order chi connectivity index (χ0) is 11.4. The van der Waals surface area contributed by atoms with Gasteiger partial charge in [-0.1, -0.05) is 12.1 Å². The molecule has 0 saturated carbocycles. The number of hydrogen-bond acceptors (Lipinski definition) is 3. The molecule has 0 radical (unpaired) electrons. The van der Waals surface area contributed by atoms with Crippen LogP contribution >= 0.6 is 0 Å². The van der Waals surface area contributed by atoms with Crippen molar-refractivity contribution in [2.24, 2.45) is 0 Å². The first-order chi connectivity index (χ1) is 7.68. The summed E-state index contributed by atoms with van der Waals surface area (Å²) in [5.41, 5.74) is 0.413. The minimum Gasteiger partial charge on any atom is -0.465 e. The van der Waals surface area contributed by atoms with E-state index in [1.165, 1.54) is 0 Å². The first-order valence-corrected chi connectivity index (χ1v) is 5.20. The summed E-state index contributed by atoms with van der Waals surface area (Å²) in [6.45, 7) is 3.95. The summed E-state index contributed by atoms with van der Waals surface area (Å²) in [6, 6.07) is 11.4. The third-order valence-electron chi connectivity index (χ3n) is 2.28. The van der Waals surface area contributed by atoms with Crippen LogP contribution in [0.5, 0.6) is 5.88 Å². The van der Waals surface area contributed by atoms with Gasteiger partial charge in [-0.2, -0.15) is 0 Å². The molecule has 2 aromatic rings. The molecule has 0 aliphatic rings. The third-order valence-corrected chi connectivity index (χ3v) is 2.28. The molecule has 0 fully saturated rings. The predicted octanol–water partition coefficient (Wildman–Crippen LogP) is 2.79. The van der Waals surface area contributed by atoms with Gasteiger partial charge >= 0.3 is 0 Å². The van der Waals surface area contributed by atoms with Crippen molar-refractivity contribution >= 4 is 0 Å². The molecule has 0 aliphatic heterocycles. The van der Waals surface area contributed by atoms with Gasteiger partial charge in [0, 0.05) is 18.5 Å². The molecule has 0 unspecified atom stereocenters. The molecule has 0 saturated heterocycles. The van der Waals surface area contributed by atoms with E-state index in [0.29, 0.717) is 5.88 Å². The van der Waals surface area contributed by atoms with E-state index < -0.39 is 5.60 Å². The van der Waals surface area contributed by atoms with Crippen molar-refractivity contribution in [2.75, 3.05) is 0 Å². The largest absolute Gasteiger partial charge is 0.465 e. The summed E-state index contributed by atoms with van der Waals surface area (Å²) in [5.74, 6) is 0.609. The molecule has 0 N–H and O–H groups in total. The number of hydrogen-bond donors (Lipinski definition) is 0. The minimum absolute atomic E-state index is 0.477. The van der Waals surface area contributed by atoms with Crippen LogP contribution in [-0.2, 0) is 5.60 Å². The first kappa shape index (κ1) is 10.6. The molecule has 82 valence electrons. The van der Waals surface area contributed by atoms with Crippen molar-refractivity contribution < 1.29 is 4.74 Å². The van der Waals surface area contributed by atoms with E-state index in [9.17, 15) is 0 Å². The summed E-state index contributed by atoms with van der Waals surface area (Å²) in [5, 5.41) is 0. The second-order valence-electron chi connectivity index (χ2n) is 4.00. The highest BCUT2D eigenvalue weighted by atomic mass is 16.5. The van der Waals surface area contributed by atoms with Gasteiger partial charge in [0.1, 0.15) is 5.60 Å². The Labute approximate surface area is 95.1 Å². The van der Waals surface area contributed by atoms with Crippen molar-refractivity contribution in [3.8, 4) is 5.88 Å². The van der Waals surface area contributed by atoms with Crippen LogP contribution in [-0.4, -0.2) is 9.97 Å². The van der Waals surface area contributed by atoms with Crippen LogP contribution in [0.3, 0.4) is 0 Å². The number of nitrogens with zero attached hydrogens (tertiary/aromatic N) is 2. The minimum atomic E-state index is -0.477. The molecule has 16 heavy (non-hydrogen) atoms. The number of aromatic nitrogens is 2. The Balaban J connectivity index is 2.21. The predicted molar refractivity (Wildman–Crippen MR) is 62.1 cm³/mol. The standard InChI is InChI=1S/C13H14N2O/c1-13(2,11-7-3-5-9-14-11)16-12-8-4-6-10-15-12/h3-10H,1-2H3. The highest BCUT2D eigenvalue weighted by Crippen LogP contribution is 2.24. The Morgan fingerprint density at radius 1 is 0.938 bits per heavy atom.